The van der Waals surface area contributed by atoms with E-state index in [1.54, 1.807) is 11.3 Å². The first-order valence-corrected chi connectivity index (χ1v) is 8.64. The molecule has 6 heteroatoms. The van der Waals surface area contributed by atoms with Gasteiger partial charge >= 0.3 is 0 Å². The molecule has 0 spiro atoms. The zero-order valence-electron chi connectivity index (χ0n) is 13.5. The maximum Gasteiger partial charge on any atom is 0.260 e. The molecule has 23 heavy (non-hydrogen) atoms. The number of hydrogen-bond acceptors (Lipinski definition) is 5. The highest BCUT2D eigenvalue weighted by atomic mass is 32.1. The van der Waals surface area contributed by atoms with Crippen molar-refractivity contribution in [2.24, 2.45) is 0 Å². The molecular formula is C17H21N3O2S. The van der Waals surface area contributed by atoms with Gasteiger partial charge in [0.05, 0.1) is 0 Å². The number of aryl methyl sites for hydroxylation is 2. The summed E-state index contributed by atoms with van der Waals surface area (Å²) in [6.45, 7) is 7.18. The standard InChI is InChI=1S/C17H21N3O2S/c1-13-4-3-5-14(2)16(13)22-12-15(21)19-7-9-20(10-8-19)17-18-6-11-23-17/h3-6,11H,7-10,12H2,1-2H3. The molecule has 1 amide bonds. The minimum Gasteiger partial charge on any atom is -0.483 e. The number of thiazole rings is 1. The van der Waals surface area contributed by atoms with E-state index in [2.05, 4.69) is 9.88 Å². The fraction of sp³-hybridized carbons (Fsp3) is 0.412. The van der Waals surface area contributed by atoms with Gasteiger partial charge in [-0.15, -0.1) is 11.3 Å². The molecule has 0 unspecified atom stereocenters. The quantitative estimate of drug-likeness (QED) is 0.863. The predicted octanol–water partition coefficient (Wildman–Crippen LogP) is 2.49. The second-order valence-electron chi connectivity index (χ2n) is 5.69. The average molecular weight is 331 g/mol. The second kappa shape index (κ2) is 7.00. The van der Waals surface area contributed by atoms with Crippen LogP contribution in [0.4, 0.5) is 5.13 Å². The number of anilines is 1. The largest absolute Gasteiger partial charge is 0.483 e. The smallest absolute Gasteiger partial charge is 0.260 e. The Labute approximate surface area is 140 Å². The van der Waals surface area contributed by atoms with Crippen molar-refractivity contribution in [1.82, 2.24) is 9.88 Å². The molecule has 3 rings (SSSR count). The first-order chi connectivity index (χ1) is 11.1. The fourth-order valence-electron chi connectivity index (χ4n) is 2.77. The Morgan fingerprint density at radius 2 is 1.91 bits per heavy atom. The van der Waals surface area contributed by atoms with Gasteiger partial charge in [0, 0.05) is 37.8 Å². The second-order valence-corrected chi connectivity index (χ2v) is 6.57. The molecule has 2 aromatic rings. The van der Waals surface area contributed by atoms with Crippen LogP contribution in [0.25, 0.3) is 0 Å². The lowest BCUT2D eigenvalue weighted by Gasteiger charge is -2.34. The summed E-state index contributed by atoms with van der Waals surface area (Å²) in [5.41, 5.74) is 2.12. The summed E-state index contributed by atoms with van der Waals surface area (Å²) >= 11 is 1.64. The van der Waals surface area contributed by atoms with Crippen molar-refractivity contribution in [1.29, 1.82) is 0 Å². The van der Waals surface area contributed by atoms with E-state index < -0.39 is 0 Å². The van der Waals surface area contributed by atoms with E-state index in [0.29, 0.717) is 13.1 Å². The first-order valence-electron chi connectivity index (χ1n) is 7.76. The summed E-state index contributed by atoms with van der Waals surface area (Å²) < 4.78 is 5.77. The number of benzene rings is 1. The Morgan fingerprint density at radius 1 is 1.22 bits per heavy atom. The summed E-state index contributed by atoms with van der Waals surface area (Å²) in [7, 11) is 0. The van der Waals surface area contributed by atoms with Gasteiger partial charge in [0.1, 0.15) is 5.75 Å². The molecule has 2 heterocycles. The number of ether oxygens (including phenoxy) is 1. The molecule has 0 bridgehead atoms. The van der Waals surface area contributed by atoms with Crippen molar-refractivity contribution in [3.8, 4) is 5.75 Å². The Kier molecular flexibility index (Phi) is 4.81. The third kappa shape index (κ3) is 3.64. The molecule has 0 aliphatic carbocycles. The normalized spacial score (nSPS) is 14.9. The Morgan fingerprint density at radius 3 is 2.52 bits per heavy atom. The molecule has 0 radical (unpaired) electrons. The zero-order chi connectivity index (χ0) is 16.2. The first kappa shape index (κ1) is 15.8. The van der Waals surface area contributed by atoms with Crippen LogP contribution in [0.1, 0.15) is 11.1 Å². The van der Waals surface area contributed by atoms with Gasteiger partial charge in [-0.25, -0.2) is 4.98 Å². The molecule has 1 saturated heterocycles. The maximum atomic E-state index is 12.4. The van der Waals surface area contributed by atoms with Crippen LogP contribution < -0.4 is 9.64 Å². The number of hydrogen-bond donors (Lipinski definition) is 0. The van der Waals surface area contributed by atoms with Crippen LogP contribution in [0.15, 0.2) is 29.8 Å². The van der Waals surface area contributed by atoms with Crippen molar-refractivity contribution in [2.45, 2.75) is 13.8 Å². The van der Waals surface area contributed by atoms with Crippen molar-refractivity contribution >= 4 is 22.4 Å². The van der Waals surface area contributed by atoms with Crippen LogP contribution in [-0.2, 0) is 4.79 Å². The number of aromatic nitrogens is 1. The van der Waals surface area contributed by atoms with E-state index in [0.717, 1.165) is 35.1 Å². The van der Waals surface area contributed by atoms with Crippen LogP contribution in [0.5, 0.6) is 5.75 Å². The highest BCUT2D eigenvalue weighted by Crippen LogP contribution is 2.22. The van der Waals surface area contributed by atoms with E-state index >= 15 is 0 Å². The van der Waals surface area contributed by atoms with E-state index in [9.17, 15) is 4.79 Å². The molecule has 1 aromatic carbocycles. The monoisotopic (exact) mass is 331 g/mol. The third-order valence-corrected chi connectivity index (χ3v) is 4.90. The predicted molar refractivity (Wildman–Crippen MR) is 92.3 cm³/mol. The van der Waals surface area contributed by atoms with Crippen LogP contribution in [0, 0.1) is 13.8 Å². The minimum absolute atomic E-state index is 0.0476. The summed E-state index contributed by atoms with van der Waals surface area (Å²) in [6, 6.07) is 6.00. The van der Waals surface area contributed by atoms with E-state index in [4.69, 9.17) is 4.74 Å². The Bertz CT molecular complexity index is 644. The molecular weight excluding hydrogens is 310 g/mol. The van der Waals surface area contributed by atoms with Gasteiger partial charge in [-0.3, -0.25) is 4.79 Å². The van der Waals surface area contributed by atoms with Gasteiger partial charge in [-0.05, 0) is 25.0 Å². The van der Waals surface area contributed by atoms with Crippen LogP contribution in [-0.4, -0.2) is 48.6 Å². The number of rotatable bonds is 4. The van der Waals surface area contributed by atoms with Gasteiger partial charge in [0.15, 0.2) is 11.7 Å². The van der Waals surface area contributed by atoms with E-state index in [-0.39, 0.29) is 12.5 Å². The van der Waals surface area contributed by atoms with Gasteiger partial charge in [0.25, 0.3) is 5.91 Å². The summed E-state index contributed by atoms with van der Waals surface area (Å²) in [4.78, 5) is 20.8. The lowest BCUT2D eigenvalue weighted by Crippen LogP contribution is -2.50. The topological polar surface area (TPSA) is 45.7 Å². The van der Waals surface area contributed by atoms with E-state index in [1.807, 2.05) is 48.5 Å². The molecule has 0 saturated carbocycles. The van der Waals surface area contributed by atoms with Gasteiger partial charge < -0.3 is 14.5 Å². The molecule has 1 aliphatic rings. The molecule has 122 valence electrons. The van der Waals surface area contributed by atoms with Crippen molar-refractivity contribution in [2.75, 3.05) is 37.7 Å². The summed E-state index contributed by atoms with van der Waals surface area (Å²) in [5, 5.41) is 3.01. The maximum absolute atomic E-state index is 12.4. The van der Waals surface area contributed by atoms with Crippen LogP contribution in [0.2, 0.25) is 0 Å². The summed E-state index contributed by atoms with van der Waals surface area (Å²) in [5.74, 6) is 0.869. The number of carbonyl (C=O) groups is 1. The number of amides is 1. The molecule has 1 fully saturated rings. The van der Waals surface area contributed by atoms with Crippen LogP contribution in [0.3, 0.4) is 0 Å². The Hall–Kier alpha value is -2.08. The molecule has 1 aliphatic heterocycles. The molecule has 0 atom stereocenters. The number of nitrogens with zero attached hydrogens (tertiary/aromatic N) is 3. The molecule has 0 N–H and O–H groups in total. The minimum atomic E-state index is 0.0476. The molecule has 1 aromatic heterocycles. The van der Waals surface area contributed by atoms with Crippen molar-refractivity contribution in [3.63, 3.8) is 0 Å². The SMILES string of the molecule is Cc1cccc(C)c1OCC(=O)N1CCN(c2nccs2)CC1. The lowest BCUT2D eigenvalue weighted by atomic mass is 10.1. The van der Waals surface area contributed by atoms with Crippen LogP contribution >= 0.6 is 11.3 Å². The summed E-state index contributed by atoms with van der Waals surface area (Å²) in [6.07, 6.45) is 1.82. The number of piperazine rings is 1. The zero-order valence-corrected chi connectivity index (χ0v) is 14.3. The lowest BCUT2D eigenvalue weighted by molar-refractivity contribution is -0.133. The van der Waals surface area contributed by atoms with Crippen molar-refractivity contribution < 1.29 is 9.53 Å². The fourth-order valence-corrected chi connectivity index (χ4v) is 3.47. The Balaban J connectivity index is 1.52. The van der Waals surface area contributed by atoms with Crippen molar-refractivity contribution in [3.05, 3.63) is 40.9 Å². The average Bonchev–Trinajstić information content (AvgIpc) is 3.09. The third-order valence-electron chi connectivity index (χ3n) is 4.07. The van der Waals surface area contributed by atoms with Gasteiger partial charge in [-0.1, -0.05) is 18.2 Å². The highest BCUT2D eigenvalue weighted by Gasteiger charge is 2.22. The van der Waals surface area contributed by atoms with Gasteiger partial charge in [-0.2, -0.15) is 0 Å². The van der Waals surface area contributed by atoms with Gasteiger partial charge in [0.2, 0.25) is 0 Å². The number of carbonyl (C=O) groups excluding carboxylic acids is 1. The number of para-hydroxylation sites is 1. The highest BCUT2D eigenvalue weighted by molar-refractivity contribution is 7.13. The van der Waals surface area contributed by atoms with E-state index in [1.165, 1.54) is 0 Å². The molecule has 5 nitrogen and oxygen atoms in total.